The number of hydrogen-bond acceptors (Lipinski definition) is 0. The predicted molar refractivity (Wildman–Crippen MR) is 213 cm³/mol. The maximum atomic E-state index is 2.42. The van der Waals surface area contributed by atoms with Crippen LogP contribution in [-0.2, 0) is 0 Å². The van der Waals surface area contributed by atoms with Gasteiger partial charge in [0.1, 0.15) is 0 Å². The van der Waals surface area contributed by atoms with Crippen LogP contribution in [0.4, 0.5) is 0 Å². The molecule has 49 heavy (non-hydrogen) atoms. The molecule has 9 aromatic carbocycles. The molecule has 0 fully saturated rings. The van der Waals surface area contributed by atoms with Crippen LogP contribution >= 0.6 is 0 Å². The van der Waals surface area contributed by atoms with Crippen LogP contribution in [0.1, 0.15) is 0 Å². The van der Waals surface area contributed by atoms with Gasteiger partial charge in [0.25, 0.3) is 0 Å². The Hall–Kier alpha value is -6.02. The van der Waals surface area contributed by atoms with Gasteiger partial charge in [-0.25, -0.2) is 0 Å². The normalized spacial score (nSPS) is 11.7. The Balaban J connectivity index is 1.30. The quantitative estimate of drug-likeness (QED) is 0.0966. The van der Waals surface area contributed by atoms with Crippen molar-refractivity contribution in [3.8, 4) is 22.3 Å². The Morgan fingerprint density at radius 3 is 1.14 bits per heavy atom. The van der Waals surface area contributed by atoms with Gasteiger partial charge in [-0.05, 0) is 87.5 Å². The fourth-order valence-corrected chi connectivity index (χ4v) is 12.8. The second-order valence-corrected chi connectivity index (χ2v) is 16.6. The van der Waals surface area contributed by atoms with Gasteiger partial charge in [0.2, 0.25) is 0 Å². The molecule has 0 saturated carbocycles. The topological polar surface area (TPSA) is 0 Å². The van der Waals surface area contributed by atoms with E-state index in [2.05, 4.69) is 206 Å². The first-order valence-corrected chi connectivity index (χ1v) is 19.0. The number of fused-ring (bicyclic) bond motifs is 6. The van der Waals surface area contributed by atoms with E-state index in [-0.39, 0.29) is 0 Å². The molecule has 0 aliphatic heterocycles. The average molecular weight is 639 g/mol. The Morgan fingerprint density at radius 2 is 0.633 bits per heavy atom. The van der Waals surface area contributed by atoms with Crippen LogP contribution in [-0.4, -0.2) is 8.07 Å². The van der Waals surface area contributed by atoms with E-state index in [9.17, 15) is 0 Å². The van der Waals surface area contributed by atoms with E-state index < -0.39 is 8.07 Å². The molecule has 0 radical (unpaired) electrons. The number of hydrogen-bond donors (Lipinski definition) is 0. The minimum atomic E-state index is -2.60. The zero-order chi connectivity index (χ0) is 32.6. The molecule has 0 amide bonds. The van der Waals surface area contributed by atoms with Crippen molar-refractivity contribution < 1.29 is 0 Å². The molecular weight excluding hydrogens is 605 g/mol. The zero-order valence-corrected chi connectivity index (χ0v) is 28.1. The lowest BCUT2D eigenvalue weighted by atomic mass is 9.87. The SMILES string of the molecule is c1ccc(-c2cc(-c3ccc([Si](c4ccccc4)(c4ccccc4)c4ccccc4)cc3)cc3c4ccccc4c4ccccc4c23)cc1. The van der Waals surface area contributed by atoms with Crippen LogP contribution in [0.3, 0.4) is 0 Å². The molecule has 9 rings (SSSR count). The molecule has 0 bridgehead atoms. The van der Waals surface area contributed by atoms with Crippen LogP contribution in [0, 0.1) is 0 Å². The zero-order valence-electron chi connectivity index (χ0n) is 27.1. The Kier molecular flexibility index (Phi) is 7.26. The maximum absolute atomic E-state index is 2.60. The lowest BCUT2D eigenvalue weighted by molar-refractivity contribution is 1.63. The molecule has 0 saturated heterocycles. The molecule has 0 spiro atoms. The second kappa shape index (κ2) is 12.2. The summed E-state index contributed by atoms with van der Waals surface area (Å²) < 4.78 is 0. The smallest absolute Gasteiger partial charge is 0.0623 e. The first-order valence-electron chi connectivity index (χ1n) is 17.0. The van der Waals surface area contributed by atoms with E-state index in [1.54, 1.807) is 0 Å². The van der Waals surface area contributed by atoms with Crippen LogP contribution < -0.4 is 20.7 Å². The Labute approximate surface area is 288 Å². The molecule has 0 unspecified atom stereocenters. The van der Waals surface area contributed by atoms with Crippen molar-refractivity contribution >= 4 is 61.1 Å². The molecule has 9 aromatic rings. The molecule has 0 aliphatic rings. The summed E-state index contributed by atoms with van der Waals surface area (Å²) in [5.74, 6) is 0. The van der Waals surface area contributed by atoms with Crippen molar-refractivity contribution in [3.63, 3.8) is 0 Å². The molecule has 0 aliphatic carbocycles. The van der Waals surface area contributed by atoms with Crippen molar-refractivity contribution in [2.45, 2.75) is 0 Å². The van der Waals surface area contributed by atoms with Crippen molar-refractivity contribution in [2.75, 3.05) is 0 Å². The van der Waals surface area contributed by atoms with E-state index in [0.717, 1.165) is 0 Å². The highest BCUT2D eigenvalue weighted by Crippen LogP contribution is 2.42. The van der Waals surface area contributed by atoms with E-state index >= 15 is 0 Å². The fourth-order valence-electron chi connectivity index (χ4n) is 8.02. The summed E-state index contributed by atoms with van der Waals surface area (Å²) in [7, 11) is -2.60. The summed E-state index contributed by atoms with van der Waals surface area (Å²) in [6.45, 7) is 0. The molecule has 0 N–H and O–H groups in total. The highest BCUT2D eigenvalue weighted by Gasteiger charge is 2.41. The molecule has 0 heterocycles. The molecule has 0 atom stereocenters. The third kappa shape index (κ3) is 4.82. The summed E-state index contributed by atoms with van der Waals surface area (Å²) in [6.07, 6.45) is 0. The lowest BCUT2D eigenvalue weighted by Gasteiger charge is -2.34. The summed E-state index contributed by atoms with van der Waals surface area (Å²) in [5.41, 5.74) is 4.94. The van der Waals surface area contributed by atoms with E-state index in [4.69, 9.17) is 0 Å². The van der Waals surface area contributed by atoms with Crippen molar-refractivity contribution in [1.29, 1.82) is 0 Å². The lowest BCUT2D eigenvalue weighted by Crippen LogP contribution is -2.74. The summed E-state index contributed by atoms with van der Waals surface area (Å²) in [4.78, 5) is 0. The highest BCUT2D eigenvalue weighted by atomic mass is 28.3. The van der Waals surface area contributed by atoms with Gasteiger partial charge < -0.3 is 0 Å². The molecule has 1 heteroatoms. The third-order valence-electron chi connectivity index (χ3n) is 10.2. The van der Waals surface area contributed by atoms with Crippen LogP contribution in [0.25, 0.3) is 54.6 Å². The summed E-state index contributed by atoms with van der Waals surface area (Å²) in [6, 6.07) is 76.4. The van der Waals surface area contributed by atoms with Gasteiger partial charge in [0, 0.05) is 0 Å². The van der Waals surface area contributed by atoms with Gasteiger partial charge in [-0.3, -0.25) is 0 Å². The van der Waals surface area contributed by atoms with Gasteiger partial charge in [-0.2, -0.15) is 0 Å². The monoisotopic (exact) mass is 638 g/mol. The van der Waals surface area contributed by atoms with Gasteiger partial charge in [-0.15, -0.1) is 0 Å². The number of rotatable bonds is 6. The van der Waals surface area contributed by atoms with E-state index in [1.165, 1.54) is 75.3 Å². The first-order chi connectivity index (χ1) is 24.3. The molecule has 230 valence electrons. The Morgan fingerprint density at radius 1 is 0.245 bits per heavy atom. The molecular formula is C48H34Si. The fraction of sp³-hybridized carbons (Fsp3) is 0. The van der Waals surface area contributed by atoms with Gasteiger partial charge in [0.15, 0.2) is 8.07 Å². The standard InChI is InChI=1S/C48H34Si/c1-5-17-36(18-6-1)46-33-37(34-47-44-27-14-13-25-42(44)43-26-15-16-28-45(43)48(46)47)35-29-31-41(32-30-35)49(38-19-7-2-8-20-38,39-21-9-3-10-22-39)40-23-11-4-12-24-40/h1-34H. The van der Waals surface area contributed by atoms with Crippen molar-refractivity contribution in [3.05, 3.63) is 206 Å². The largest absolute Gasteiger partial charge is 0.179 e. The minimum absolute atomic E-state index is 1.22. The third-order valence-corrected chi connectivity index (χ3v) is 15.0. The maximum Gasteiger partial charge on any atom is 0.179 e. The van der Waals surface area contributed by atoms with E-state index in [1.807, 2.05) is 0 Å². The van der Waals surface area contributed by atoms with Crippen LogP contribution in [0.2, 0.25) is 0 Å². The highest BCUT2D eigenvalue weighted by molar-refractivity contribution is 7.19. The van der Waals surface area contributed by atoms with E-state index in [0.29, 0.717) is 0 Å². The molecule has 0 nitrogen and oxygen atoms in total. The van der Waals surface area contributed by atoms with Crippen molar-refractivity contribution in [1.82, 2.24) is 0 Å². The predicted octanol–water partition coefficient (Wildman–Crippen LogP) is 9.86. The van der Waals surface area contributed by atoms with Gasteiger partial charge in [0.05, 0.1) is 0 Å². The van der Waals surface area contributed by atoms with Gasteiger partial charge >= 0.3 is 0 Å². The average Bonchev–Trinajstić information content (AvgIpc) is 3.20. The van der Waals surface area contributed by atoms with Crippen molar-refractivity contribution in [2.24, 2.45) is 0 Å². The molecule has 0 aromatic heterocycles. The summed E-state index contributed by atoms with van der Waals surface area (Å²) in [5, 5.41) is 13.3. The van der Waals surface area contributed by atoms with Crippen LogP contribution in [0.5, 0.6) is 0 Å². The van der Waals surface area contributed by atoms with Gasteiger partial charge in [-0.1, -0.05) is 194 Å². The minimum Gasteiger partial charge on any atom is -0.0623 e. The first kappa shape index (κ1) is 29.1. The Bertz CT molecular complexity index is 2460. The summed E-state index contributed by atoms with van der Waals surface area (Å²) >= 11 is 0. The number of benzene rings is 9. The second-order valence-electron chi connectivity index (χ2n) is 12.8. The van der Waals surface area contributed by atoms with Crippen LogP contribution in [0.15, 0.2) is 206 Å².